The molecule has 2 heterocycles. The van der Waals surface area contributed by atoms with E-state index in [2.05, 4.69) is 15.4 Å². The zero-order valence-corrected chi connectivity index (χ0v) is 15.2. The number of carbonyl (C=O) groups is 1. The molecule has 0 unspecified atom stereocenters. The molecule has 4 aromatic rings. The van der Waals surface area contributed by atoms with Crippen LogP contribution in [-0.2, 0) is 12.6 Å². The highest BCUT2D eigenvalue weighted by molar-refractivity contribution is 5.97. The maximum absolute atomic E-state index is 13.0. The number of aromatic nitrogens is 3. The highest BCUT2D eigenvalue weighted by atomic mass is 19.4. The van der Waals surface area contributed by atoms with Gasteiger partial charge in [0.05, 0.1) is 16.8 Å². The number of nitrogens with zero attached hydrogens (tertiary/aromatic N) is 2. The molecule has 2 aromatic carbocycles. The van der Waals surface area contributed by atoms with Crippen molar-refractivity contribution in [3.63, 3.8) is 0 Å². The van der Waals surface area contributed by atoms with Crippen LogP contribution in [0.1, 0.15) is 21.5 Å². The molecule has 0 aliphatic heterocycles. The predicted molar refractivity (Wildman–Crippen MR) is 103 cm³/mol. The highest BCUT2D eigenvalue weighted by Crippen LogP contribution is 2.32. The van der Waals surface area contributed by atoms with Gasteiger partial charge in [0.15, 0.2) is 0 Å². The second-order valence-electron chi connectivity index (χ2n) is 6.55. The van der Waals surface area contributed by atoms with Crippen molar-refractivity contribution in [3.8, 4) is 5.69 Å². The van der Waals surface area contributed by atoms with E-state index in [1.165, 1.54) is 6.07 Å². The topological polar surface area (TPSA) is 62.7 Å². The second kappa shape index (κ2) is 7.46. The Morgan fingerprint density at radius 2 is 1.97 bits per heavy atom. The maximum Gasteiger partial charge on any atom is 0.416 e. The lowest BCUT2D eigenvalue weighted by atomic mass is 10.1. The molecular formula is C21H17F3N4O. The van der Waals surface area contributed by atoms with Crippen molar-refractivity contribution in [2.45, 2.75) is 12.6 Å². The molecule has 0 bridgehead atoms. The van der Waals surface area contributed by atoms with Crippen LogP contribution in [0.15, 0.2) is 67.1 Å². The summed E-state index contributed by atoms with van der Waals surface area (Å²) >= 11 is 0. The van der Waals surface area contributed by atoms with E-state index in [4.69, 9.17) is 0 Å². The molecule has 0 fully saturated rings. The lowest BCUT2D eigenvalue weighted by Crippen LogP contribution is -2.26. The van der Waals surface area contributed by atoms with Gasteiger partial charge in [-0.15, -0.1) is 0 Å². The Balaban J connectivity index is 1.48. The molecule has 0 aliphatic carbocycles. The number of rotatable bonds is 5. The Hall–Kier alpha value is -3.55. The summed E-state index contributed by atoms with van der Waals surface area (Å²) in [6.45, 7) is 0.287. The molecule has 2 N–H and O–H groups in total. The van der Waals surface area contributed by atoms with Crippen LogP contribution in [0.5, 0.6) is 0 Å². The van der Waals surface area contributed by atoms with Crippen molar-refractivity contribution in [3.05, 3.63) is 83.8 Å². The van der Waals surface area contributed by atoms with Gasteiger partial charge in [-0.2, -0.15) is 18.3 Å². The zero-order chi connectivity index (χ0) is 20.4. The third-order valence-corrected chi connectivity index (χ3v) is 4.67. The minimum Gasteiger partial charge on any atom is -0.361 e. The summed E-state index contributed by atoms with van der Waals surface area (Å²) in [4.78, 5) is 15.6. The van der Waals surface area contributed by atoms with E-state index >= 15 is 0 Å². The van der Waals surface area contributed by atoms with Gasteiger partial charge in [0.25, 0.3) is 5.91 Å². The first-order valence-electron chi connectivity index (χ1n) is 8.98. The number of amides is 1. The summed E-state index contributed by atoms with van der Waals surface area (Å²) in [6.07, 6.45) is 1.05. The Morgan fingerprint density at radius 1 is 1.14 bits per heavy atom. The second-order valence-corrected chi connectivity index (χ2v) is 6.55. The van der Waals surface area contributed by atoms with Crippen LogP contribution in [0.25, 0.3) is 16.6 Å². The Morgan fingerprint density at radius 3 is 2.72 bits per heavy atom. The first-order chi connectivity index (χ1) is 13.9. The molecule has 2 aromatic heterocycles. The fourth-order valence-corrected chi connectivity index (χ4v) is 3.24. The maximum atomic E-state index is 13.0. The van der Waals surface area contributed by atoms with Crippen LogP contribution in [0.3, 0.4) is 0 Å². The van der Waals surface area contributed by atoms with Gasteiger partial charge in [-0.25, -0.2) is 4.68 Å². The fraction of sp³-hybridized carbons (Fsp3) is 0.143. The quantitative estimate of drug-likeness (QED) is 0.525. The van der Waals surface area contributed by atoms with E-state index in [1.807, 2.05) is 6.07 Å². The van der Waals surface area contributed by atoms with Crippen molar-refractivity contribution < 1.29 is 18.0 Å². The largest absolute Gasteiger partial charge is 0.416 e. The molecule has 5 nitrogen and oxygen atoms in total. The molecule has 0 atom stereocenters. The number of carbonyl (C=O) groups excluding carboxylic acids is 1. The average Bonchev–Trinajstić information content (AvgIpc) is 3.37. The number of hydrogen-bond acceptors (Lipinski definition) is 2. The van der Waals surface area contributed by atoms with Gasteiger partial charge in [-0.05, 0) is 48.4 Å². The van der Waals surface area contributed by atoms with E-state index in [9.17, 15) is 18.0 Å². The Labute approximate surface area is 164 Å². The number of para-hydroxylation sites is 1. The lowest BCUT2D eigenvalue weighted by Gasteiger charge is -2.10. The normalized spacial score (nSPS) is 11.7. The number of halogens is 3. The summed E-state index contributed by atoms with van der Waals surface area (Å²) in [5.41, 5.74) is 1.77. The van der Waals surface area contributed by atoms with Crippen molar-refractivity contribution >= 4 is 16.8 Å². The highest BCUT2D eigenvalue weighted by Gasteiger charge is 2.30. The van der Waals surface area contributed by atoms with Gasteiger partial charge >= 0.3 is 6.18 Å². The first-order valence-corrected chi connectivity index (χ1v) is 8.98. The average molecular weight is 398 g/mol. The van der Waals surface area contributed by atoms with Crippen LogP contribution in [0, 0.1) is 0 Å². The van der Waals surface area contributed by atoms with Gasteiger partial charge in [-0.1, -0.05) is 12.1 Å². The fourth-order valence-electron chi connectivity index (χ4n) is 3.24. The standard InChI is InChI=1S/C21H17F3N4O/c22-21(23,24)15-6-7-18-17(12-15)14(13-26-18)8-10-25-20(29)16-4-1-2-5-19(16)28-11-3-9-27-28/h1-7,9,11-13,26H,8,10H2,(H,25,29). The van der Waals surface area contributed by atoms with Gasteiger partial charge in [0.1, 0.15) is 0 Å². The number of benzene rings is 2. The Kier molecular flexibility index (Phi) is 4.84. The van der Waals surface area contributed by atoms with Crippen molar-refractivity contribution in [1.29, 1.82) is 0 Å². The number of alkyl halides is 3. The van der Waals surface area contributed by atoms with Gasteiger partial charge in [0, 0.05) is 36.0 Å². The first kappa shape index (κ1) is 18.8. The van der Waals surface area contributed by atoms with Crippen LogP contribution in [-0.4, -0.2) is 27.2 Å². The monoisotopic (exact) mass is 398 g/mol. The molecule has 29 heavy (non-hydrogen) atoms. The van der Waals surface area contributed by atoms with E-state index in [1.54, 1.807) is 47.5 Å². The molecular weight excluding hydrogens is 381 g/mol. The number of hydrogen-bond donors (Lipinski definition) is 2. The summed E-state index contributed by atoms with van der Waals surface area (Å²) in [6, 6.07) is 12.4. The van der Waals surface area contributed by atoms with Gasteiger partial charge < -0.3 is 10.3 Å². The molecule has 0 saturated heterocycles. The smallest absolute Gasteiger partial charge is 0.361 e. The minimum atomic E-state index is -4.40. The molecule has 8 heteroatoms. The van der Waals surface area contributed by atoms with Crippen molar-refractivity contribution in [2.24, 2.45) is 0 Å². The number of fused-ring (bicyclic) bond motifs is 1. The summed E-state index contributed by atoms with van der Waals surface area (Å²) in [5.74, 6) is -0.271. The summed E-state index contributed by atoms with van der Waals surface area (Å²) in [5, 5.41) is 7.49. The van der Waals surface area contributed by atoms with Crippen molar-refractivity contribution in [1.82, 2.24) is 20.1 Å². The van der Waals surface area contributed by atoms with Crippen LogP contribution in [0.4, 0.5) is 13.2 Å². The van der Waals surface area contributed by atoms with Crippen LogP contribution >= 0.6 is 0 Å². The molecule has 148 valence electrons. The third-order valence-electron chi connectivity index (χ3n) is 4.67. The number of H-pyrrole nitrogens is 1. The molecule has 4 rings (SSSR count). The number of aromatic amines is 1. The lowest BCUT2D eigenvalue weighted by molar-refractivity contribution is -0.137. The molecule has 0 aliphatic rings. The van der Waals surface area contributed by atoms with E-state index < -0.39 is 11.7 Å². The molecule has 1 amide bonds. The Bertz CT molecular complexity index is 1150. The zero-order valence-electron chi connectivity index (χ0n) is 15.2. The van der Waals surface area contributed by atoms with Gasteiger partial charge in [0.2, 0.25) is 0 Å². The molecule has 0 saturated carbocycles. The predicted octanol–water partition coefficient (Wildman–Crippen LogP) is 4.34. The third kappa shape index (κ3) is 3.87. The molecule has 0 radical (unpaired) electrons. The van der Waals surface area contributed by atoms with Crippen molar-refractivity contribution in [2.75, 3.05) is 6.54 Å². The SMILES string of the molecule is O=C(NCCc1c[nH]c2ccc(C(F)(F)F)cc12)c1ccccc1-n1cccn1. The number of nitrogens with one attached hydrogen (secondary N) is 2. The minimum absolute atomic E-state index is 0.271. The molecule has 0 spiro atoms. The summed E-state index contributed by atoms with van der Waals surface area (Å²) in [7, 11) is 0. The van der Waals surface area contributed by atoms with E-state index in [0.717, 1.165) is 12.1 Å². The van der Waals surface area contributed by atoms with Gasteiger partial charge in [-0.3, -0.25) is 4.79 Å². The van der Waals surface area contributed by atoms with E-state index in [-0.39, 0.29) is 12.5 Å². The van der Waals surface area contributed by atoms with Crippen LogP contribution < -0.4 is 5.32 Å². The summed E-state index contributed by atoms with van der Waals surface area (Å²) < 4.78 is 40.5. The van der Waals surface area contributed by atoms with Crippen LogP contribution in [0.2, 0.25) is 0 Å². The van der Waals surface area contributed by atoms with E-state index in [0.29, 0.717) is 34.1 Å².